The van der Waals surface area contributed by atoms with Crippen LogP contribution in [0.4, 0.5) is 0 Å². The van der Waals surface area contributed by atoms with Crippen molar-refractivity contribution in [3.8, 4) is 0 Å². The Kier molecular flexibility index (Phi) is 5.85. The first-order valence-corrected chi connectivity index (χ1v) is 9.83. The van der Waals surface area contributed by atoms with Crippen LogP contribution in [0.3, 0.4) is 0 Å². The van der Waals surface area contributed by atoms with Gasteiger partial charge in [0.25, 0.3) is 0 Å². The Balaban J connectivity index is 1.63. The topological polar surface area (TPSA) is 76.8 Å². The van der Waals surface area contributed by atoms with Crippen molar-refractivity contribution in [2.75, 3.05) is 64.1 Å². The fourth-order valence-electron chi connectivity index (χ4n) is 3.85. The van der Waals surface area contributed by atoms with Gasteiger partial charge in [0, 0.05) is 50.7 Å². The van der Waals surface area contributed by atoms with Crippen LogP contribution >= 0.6 is 11.8 Å². The molecule has 3 aliphatic heterocycles. The monoisotopic (exact) mass is 343 g/mol. The van der Waals surface area contributed by atoms with E-state index in [0.717, 1.165) is 57.9 Å². The Morgan fingerprint density at radius 1 is 1.13 bits per heavy atom. The van der Waals surface area contributed by atoms with E-state index in [1.54, 1.807) is 0 Å². The number of hydrogen-bond donors (Lipinski definition) is 2. The lowest BCUT2D eigenvalue weighted by Crippen LogP contribution is -2.61. The molecule has 23 heavy (non-hydrogen) atoms. The van der Waals surface area contributed by atoms with E-state index in [1.165, 1.54) is 5.75 Å². The molecule has 0 saturated carbocycles. The van der Waals surface area contributed by atoms with Crippen LogP contribution in [0.15, 0.2) is 0 Å². The largest absolute Gasteiger partial charge is 0.381 e. The van der Waals surface area contributed by atoms with Crippen molar-refractivity contribution in [3.05, 3.63) is 0 Å². The molecule has 3 fully saturated rings. The molecule has 0 bridgehead atoms. The number of carbonyl (C=O) groups excluding carboxylic acids is 1. The highest BCUT2D eigenvalue weighted by molar-refractivity contribution is 7.99. The van der Waals surface area contributed by atoms with E-state index in [4.69, 9.17) is 15.2 Å². The number of hydrogen-bond acceptors (Lipinski definition) is 6. The summed E-state index contributed by atoms with van der Waals surface area (Å²) in [5.74, 6) is 2.38. The lowest BCUT2D eigenvalue weighted by molar-refractivity contribution is -0.136. The fourth-order valence-corrected chi connectivity index (χ4v) is 5.33. The summed E-state index contributed by atoms with van der Waals surface area (Å²) < 4.78 is 10.9. The zero-order chi connectivity index (χ0) is 16.2. The number of rotatable bonds is 5. The Morgan fingerprint density at radius 2 is 1.83 bits per heavy atom. The third-order valence-corrected chi connectivity index (χ3v) is 6.90. The molecule has 0 aromatic heterocycles. The molecule has 1 unspecified atom stereocenters. The van der Waals surface area contributed by atoms with Gasteiger partial charge in [-0.05, 0) is 25.0 Å². The maximum Gasteiger partial charge on any atom is 0.227 e. The Hall–Kier alpha value is -0.340. The number of nitrogens with zero attached hydrogens (tertiary/aromatic N) is 1. The van der Waals surface area contributed by atoms with Crippen LogP contribution in [0.5, 0.6) is 0 Å². The standard InChI is InChI=1S/C16H29N3O3S/c17-11-15(1-6-21-7-2-15)14(20)18-12-16(3-10-23-13-16)19-4-8-22-9-5-19/h1-13,17H2,(H,18,20). The molecule has 3 saturated heterocycles. The second-order valence-corrected chi connectivity index (χ2v) is 8.01. The molecule has 3 N–H and O–H groups in total. The van der Waals surface area contributed by atoms with Gasteiger partial charge in [-0.25, -0.2) is 0 Å². The molecule has 0 spiro atoms. The molecule has 1 atom stereocenters. The van der Waals surface area contributed by atoms with Crippen molar-refractivity contribution < 1.29 is 14.3 Å². The minimum absolute atomic E-state index is 0.0884. The number of thioether (sulfide) groups is 1. The number of ether oxygens (including phenoxy) is 2. The molecule has 1 amide bonds. The molecule has 0 radical (unpaired) electrons. The van der Waals surface area contributed by atoms with Gasteiger partial charge >= 0.3 is 0 Å². The van der Waals surface area contributed by atoms with E-state index < -0.39 is 5.41 Å². The Bertz CT molecular complexity index is 403. The first kappa shape index (κ1) is 17.5. The van der Waals surface area contributed by atoms with E-state index in [0.29, 0.717) is 19.8 Å². The zero-order valence-electron chi connectivity index (χ0n) is 13.8. The molecule has 6 nitrogen and oxygen atoms in total. The molecule has 3 heterocycles. The molecule has 0 aromatic carbocycles. The summed E-state index contributed by atoms with van der Waals surface area (Å²) in [6.07, 6.45) is 2.60. The van der Waals surface area contributed by atoms with Gasteiger partial charge in [-0.15, -0.1) is 0 Å². The third kappa shape index (κ3) is 3.69. The lowest BCUT2D eigenvalue weighted by atomic mass is 9.79. The van der Waals surface area contributed by atoms with Gasteiger partial charge in [0.05, 0.1) is 18.6 Å². The molecule has 3 aliphatic rings. The number of nitrogens with two attached hydrogens (primary N) is 1. The van der Waals surface area contributed by atoms with E-state index in [9.17, 15) is 4.79 Å². The third-order valence-electron chi connectivity index (χ3n) is 5.66. The summed E-state index contributed by atoms with van der Waals surface area (Å²) in [4.78, 5) is 15.4. The van der Waals surface area contributed by atoms with E-state index in [1.807, 2.05) is 11.8 Å². The van der Waals surface area contributed by atoms with Crippen molar-refractivity contribution >= 4 is 17.7 Å². The molecule has 0 aromatic rings. The smallest absolute Gasteiger partial charge is 0.227 e. The molecular formula is C16H29N3O3S. The van der Waals surface area contributed by atoms with Crippen LogP contribution in [0, 0.1) is 5.41 Å². The number of nitrogens with one attached hydrogen (secondary N) is 1. The van der Waals surface area contributed by atoms with E-state index in [2.05, 4.69) is 10.2 Å². The van der Waals surface area contributed by atoms with E-state index in [-0.39, 0.29) is 11.4 Å². The van der Waals surface area contributed by atoms with Gasteiger partial charge in [-0.3, -0.25) is 9.69 Å². The SMILES string of the molecule is NCC1(C(=O)NCC2(N3CCOCC3)CCSC2)CCOCC1. The van der Waals surface area contributed by atoms with Gasteiger partial charge in [0.1, 0.15) is 0 Å². The van der Waals surface area contributed by atoms with Crippen LogP contribution < -0.4 is 11.1 Å². The van der Waals surface area contributed by atoms with Crippen LogP contribution in [0.1, 0.15) is 19.3 Å². The minimum atomic E-state index is -0.434. The Labute approximate surface area is 142 Å². The quantitative estimate of drug-likeness (QED) is 0.735. The second kappa shape index (κ2) is 7.70. The predicted octanol–water partition coefficient (Wildman–Crippen LogP) is 0.0660. The number of carbonyl (C=O) groups is 1. The summed E-state index contributed by atoms with van der Waals surface area (Å²) in [5, 5.41) is 3.25. The van der Waals surface area contributed by atoms with Crippen molar-refractivity contribution in [3.63, 3.8) is 0 Å². The average molecular weight is 343 g/mol. The summed E-state index contributed by atoms with van der Waals surface area (Å²) in [7, 11) is 0. The zero-order valence-corrected chi connectivity index (χ0v) is 14.7. The maximum absolute atomic E-state index is 12.8. The Morgan fingerprint density at radius 3 is 2.43 bits per heavy atom. The van der Waals surface area contributed by atoms with E-state index >= 15 is 0 Å². The van der Waals surface area contributed by atoms with Gasteiger partial charge in [0.2, 0.25) is 5.91 Å². The van der Waals surface area contributed by atoms with Crippen molar-refractivity contribution in [1.82, 2.24) is 10.2 Å². The van der Waals surface area contributed by atoms with Crippen LogP contribution in [-0.2, 0) is 14.3 Å². The maximum atomic E-state index is 12.8. The highest BCUT2D eigenvalue weighted by Crippen LogP contribution is 2.35. The van der Waals surface area contributed by atoms with Gasteiger partial charge in [-0.2, -0.15) is 11.8 Å². The molecule has 132 valence electrons. The van der Waals surface area contributed by atoms with Gasteiger partial charge in [0.15, 0.2) is 0 Å². The lowest BCUT2D eigenvalue weighted by Gasteiger charge is -2.44. The van der Waals surface area contributed by atoms with Crippen LogP contribution in [0.2, 0.25) is 0 Å². The first-order chi connectivity index (χ1) is 11.2. The van der Waals surface area contributed by atoms with Gasteiger partial charge in [-0.1, -0.05) is 0 Å². The molecule has 0 aliphatic carbocycles. The highest BCUT2D eigenvalue weighted by Gasteiger charge is 2.43. The first-order valence-electron chi connectivity index (χ1n) is 8.68. The minimum Gasteiger partial charge on any atom is -0.381 e. The fraction of sp³-hybridized carbons (Fsp3) is 0.938. The van der Waals surface area contributed by atoms with Gasteiger partial charge < -0.3 is 20.5 Å². The normalized spacial score (nSPS) is 31.9. The molecule has 3 rings (SSSR count). The molecular weight excluding hydrogens is 314 g/mol. The second-order valence-electron chi connectivity index (χ2n) is 6.91. The molecule has 7 heteroatoms. The summed E-state index contributed by atoms with van der Waals surface area (Å²) in [5.41, 5.74) is 5.61. The number of amides is 1. The van der Waals surface area contributed by atoms with Crippen LogP contribution in [0.25, 0.3) is 0 Å². The average Bonchev–Trinajstić information content (AvgIpc) is 3.11. The van der Waals surface area contributed by atoms with Crippen molar-refractivity contribution in [2.45, 2.75) is 24.8 Å². The number of morpholine rings is 1. The van der Waals surface area contributed by atoms with Crippen molar-refractivity contribution in [1.29, 1.82) is 0 Å². The summed E-state index contributed by atoms with van der Waals surface area (Å²) in [6, 6.07) is 0. The van der Waals surface area contributed by atoms with Crippen LogP contribution in [-0.4, -0.2) is 80.5 Å². The summed E-state index contributed by atoms with van der Waals surface area (Å²) in [6.45, 7) is 5.92. The summed E-state index contributed by atoms with van der Waals surface area (Å²) >= 11 is 1.99. The van der Waals surface area contributed by atoms with Crippen molar-refractivity contribution in [2.24, 2.45) is 11.1 Å². The highest BCUT2D eigenvalue weighted by atomic mass is 32.2. The predicted molar refractivity (Wildman–Crippen MR) is 91.6 cm³/mol.